The topological polar surface area (TPSA) is 69.0 Å². The Bertz CT molecular complexity index is 1360. The molecule has 1 aliphatic rings. The van der Waals surface area contributed by atoms with Gasteiger partial charge in [-0.15, -0.1) is 0 Å². The van der Waals surface area contributed by atoms with Gasteiger partial charge in [-0.25, -0.2) is 4.79 Å². The summed E-state index contributed by atoms with van der Waals surface area (Å²) >= 11 is 0. The first-order chi connectivity index (χ1) is 14.7. The Morgan fingerprint density at radius 1 is 1.16 bits per heavy atom. The molecule has 2 aromatic carbocycles. The van der Waals surface area contributed by atoms with Crippen molar-refractivity contribution in [3.8, 4) is 5.75 Å². The molecule has 6 nitrogen and oxygen atoms in total. The number of nitrogens with one attached hydrogen (secondary N) is 1. The number of ether oxygens (including phenoxy) is 1. The molecule has 2 aromatic heterocycles. The first-order valence-corrected chi connectivity index (χ1v) is 9.63. The summed E-state index contributed by atoms with van der Waals surface area (Å²) in [7, 11) is 0. The van der Waals surface area contributed by atoms with E-state index >= 15 is 0 Å². The number of fused-ring (bicyclic) bond motifs is 4. The van der Waals surface area contributed by atoms with E-state index in [4.69, 9.17) is 4.74 Å². The number of aryl methyl sites for hydroxylation is 2. The van der Waals surface area contributed by atoms with Gasteiger partial charge in [0.15, 0.2) is 0 Å². The number of alkyl halides is 3. The number of para-hydroxylation sites is 1. The standard InChI is InChI=1S/C22H17F3N4O2/c1-11-19-12(2)28-29(20(19)15-5-3-4-6-16(15)26-11)21(30)27-17-10-31-18-9-13(22(23,24)25)7-8-14(17)18/h3-9,17H,10H2,1-2H3,(H,27,30)/t17-/m0/s1. The van der Waals surface area contributed by atoms with Gasteiger partial charge >= 0.3 is 12.2 Å². The summed E-state index contributed by atoms with van der Waals surface area (Å²) < 4.78 is 45.6. The quantitative estimate of drug-likeness (QED) is 0.470. The minimum Gasteiger partial charge on any atom is -0.491 e. The van der Waals surface area contributed by atoms with Gasteiger partial charge in [0.2, 0.25) is 0 Å². The molecule has 3 heterocycles. The number of hydrogen-bond donors (Lipinski definition) is 1. The van der Waals surface area contributed by atoms with E-state index in [9.17, 15) is 18.0 Å². The van der Waals surface area contributed by atoms with Crippen molar-refractivity contribution in [1.82, 2.24) is 20.1 Å². The lowest BCUT2D eigenvalue weighted by atomic mass is 10.1. The van der Waals surface area contributed by atoms with Crippen molar-refractivity contribution in [2.75, 3.05) is 6.61 Å². The van der Waals surface area contributed by atoms with Crippen molar-refractivity contribution in [3.63, 3.8) is 0 Å². The normalized spacial score (nSPS) is 15.8. The molecular formula is C22H17F3N4O2. The van der Waals surface area contributed by atoms with Crippen molar-refractivity contribution in [1.29, 1.82) is 0 Å². The van der Waals surface area contributed by atoms with Crippen LogP contribution in [0.2, 0.25) is 0 Å². The average Bonchev–Trinajstić information content (AvgIpc) is 3.29. The van der Waals surface area contributed by atoms with Gasteiger partial charge in [-0.05, 0) is 32.0 Å². The lowest BCUT2D eigenvalue weighted by Gasteiger charge is -2.13. The van der Waals surface area contributed by atoms with Gasteiger partial charge in [0.05, 0.1) is 28.3 Å². The number of hydrogen-bond acceptors (Lipinski definition) is 4. The summed E-state index contributed by atoms with van der Waals surface area (Å²) in [6.45, 7) is 3.72. The molecule has 4 aromatic rings. The van der Waals surface area contributed by atoms with Crippen LogP contribution in [0.5, 0.6) is 5.75 Å². The third-order valence-corrected chi connectivity index (χ3v) is 5.48. The summed E-state index contributed by atoms with van der Waals surface area (Å²) in [6, 6.07) is 9.69. The van der Waals surface area contributed by atoms with Gasteiger partial charge in [-0.2, -0.15) is 23.0 Å². The molecule has 0 fully saturated rings. The number of halogens is 3. The van der Waals surface area contributed by atoms with E-state index in [0.717, 1.165) is 34.1 Å². The highest BCUT2D eigenvalue weighted by atomic mass is 19.4. The fourth-order valence-electron chi connectivity index (χ4n) is 4.08. The zero-order valence-corrected chi connectivity index (χ0v) is 16.6. The van der Waals surface area contributed by atoms with Gasteiger partial charge < -0.3 is 10.1 Å². The molecule has 0 spiro atoms. The molecule has 158 valence electrons. The van der Waals surface area contributed by atoms with Crippen molar-refractivity contribution < 1.29 is 22.7 Å². The Kier molecular flexibility index (Phi) is 4.18. The number of amides is 1. The van der Waals surface area contributed by atoms with E-state index < -0.39 is 23.8 Å². The van der Waals surface area contributed by atoms with E-state index in [0.29, 0.717) is 16.8 Å². The highest BCUT2D eigenvalue weighted by Crippen LogP contribution is 2.38. The first kappa shape index (κ1) is 19.3. The maximum Gasteiger partial charge on any atom is 0.416 e. The highest BCUT2D eigenvalue weighted by Gasteiger charge is 2.34. The van der Waals surface area contributed by atoms with E-state index in [1.807, 2.05) is 38.1 Å². The molecular weight excluding hydrogens is 409 g/mol. The number of nitrogens with zero attached hydrogens (tertiary/aromatic N) is 3. The van der Waals surface area contributed by atoms with Gasteiger partial charge in [0.25, 0.3) is 0 Å². The Morgan fingerprint density at radius 2 is 1.94 bits per heavy atom. The summed E-state index contributed by atoms with van der Waals surface area (Å²) in [5.74, 6) is 0.118. The van der Waals surface area contributed by atoms with Gasteiger partial charge in [0, 0.05) is 22.0 Å². The monoisotopic (exact) mass is 426 g/mol. The maximum atomic E-state index is 13.2. The number of carbonyl (C=O) groups excluding carboxylic acids is 1. The average molecular weight is 426 g/mol. The molecule has 0 bridgehead atoms. The molecule has 9 heteroatoms. The van der Waals surface area contributed by atoms with Crippen LogP contribution in [-0.4, -0.2) is 27.4 Å². The zero-order chi connectivity index (χ0) is 21.9. The molecule has 1 amide bonds. The lowest BCUT2D eigenvalue weighted by Crippen LogP contribution is -2.33. The number of pyridine rings is 1. The lowest BCUT2D eigenvalue weighted by molar-refractivity contribution is -0.137. The fraction of sp³-hybridized carbons (Fsp3) is 0.227. The SMILES string of the molecule is Cc1nc2ccccc2c2c1c(C)nn2C(=O)N[C@H]1COc2cc(C(F)(F)F)ccc21. The fourth-order valence-corrected chi connectivity index (χ4v) is 4.08. The minimum absolute atomic E-state index is 0.0435. The number of carbonyl (C=O) groups is 1. The molecule has 5 rings (SSSR count). The summed E-state index contributed by atoms with van der Waals surface area (Å²) in [5.41, 5.74) is 2.53. The van der Waals surface area contributed by atoms with Crippen LogP contribution in [-0.2, 0) is 6.18 Å². The summed E-state index contributed by atoms with van der Waals surface area (Å²) in [6.07, 6.45) is -4.46. The Labute approximate surface area is 174 Å². The summed E-state index contributed by atoms with van der Waals surface area (Å²) in [5, 5.41) is 8.84. The van der Waals surface area contributed by atoms with Crippen LogP contribution in [0.4, 0.5) is 18.0 Å². The van der Waals surface area contributed by atoms with Crippen LogP contribution in [0, 0.1) is 13.8 Å². The molecule has 1 N–H and O–H groups in total. The van der Waals surface area contributed by atoms with Crippen molar-refractivity contribution >= 4 is 27.8 Å². The number of aromatic nitrogens is 3. The number of benzene rings is 2. The Hall–Kier alpha value is -3.62. The van der Waals surface area contributed by atoms with E-state index in [1.165, 1.54) is 10.7 Å². The molecule has 0 unspecified atom stereocenters. The largest absolute Gasteiger partial charge is 0.491 e. The maximum absolute atomic E-state index is 13.2. The smallest absolute Gasteiger partial charge is 0.416 e. The van der Waals surface area contributed by atoms with Crippen molar-refractivity contribution in [2.45, 2.75) is 26.1 Å². The summed E-state index contributed by atoms with van der Waals surface area (Å²) in [4.78, 5) is 17.8. The second kappa shape index (κ2) is 6.69. The van der Waals surface area contributed by atoms with Crippen LogP contribution in [0.15, 0.2) is 42.5 Å². The van der Waals surface area contributed by atoms with Crippen molar-refractivity contribution in [3.05, 3.63) is 65.0 Å². The third-order valence-electron chi connectivity index (χ3n) is 5.48. The molecule has 0 radical (unpaired) electrons. The molecule has 1 atom stereocenters. The van der Waals surface area contributed by atoms with E-state index in [-0.39, 0.29) is 12.4 Å². The first-order valence-electron chi connectivity index (χ1n) is 9.63. The van der Waals surface area contributed by atoms with Crippen LogP contribution in [0.3, 0.4) is 0 Å². The molecule has 0 aliphatic carbocycles. The predicted molar refractivity (Wildman–Crippen MR) is 108 cm³/mol. The van der Waals surface area contributed by atoms with Crippen LogP contribution in [0.25, 0.3) is 21.8 Å². The molecule has 1 aliphatic heterocycles. The van der Waals surface area contributed by atoms with E-state index in [2.05, 4.69) is 15.4 Å². The van der Waals surface area contributed by atoms with Gasteiger partial charge in [-0.3, -0.25) is 4.98 Å². The third kappa shape index (κ3) is 3.08. The van der Waals surface area contributed by atoms with Gasteiger partial charge in [-0.1, -0.05) is 24.3 Å². The van der Waals surface area contributed by atoms with Crippen molar-refractivity contribution in [2.24, 2.45) is 0 Å². The zero-order valence-electron chi connectivity index (χ0n) is 16.6. The van der Waals surface area contributed by atoms with E-state index in [1.54, 1.807) is 0 Å². The number of rotatable bonds is 1. The van der Waals surface area contributed by atoms with Crippen LogP contribution in [0.1, 0.15) is 28.6 Å². The Morgan fingerprint density at radius 3 is 2.71 bits per heavy atom. The molecule has 0 saturated carbocycles. The Balaban J connectivity index is 1.53. The van der Waals surface area contributed by atoms with Gasteiger partial charge in [0.1, 0.15) is 12.4 Å². The van der Waals surface area contributed by atoms with Crippen LogP contribution < -0.4 is 10.1 Å². The predicted octanol–water partition coefficient (Wildman–Crippen LogP) is 4.91. The molecule has 31 heavy (non-hydrogen) atoms. The van der Waals surface area contributed by atoms with Crippen LogP contribution >= 0.6 is 0 Å². The second-order valence-electron chi connectivity index (χ2n) is 7.50. The second-order valence-corrected chi connectivity index (χ2v) is 7.50. The molecule has 0 saturated heterocycles. The minimum atomic E-state index is -4.46. The highest BCUT2D eigenvalue weighted by molar-refractivity contribution is 6.08.